The zero-order valence-corrected chi connectivity index (χ0v) is 10.3. The third kappa shape index (κ3) is 4.60. The fourth-order valence-corrected chi connectivity index (χ4v) is 1.69. The Hall–Kier alpha value is -0.640. The summed E-state index contributed by atoms with van der Waals surface area (Å²) in [6.45, 7) is 4.83. The molecule has 1 rings (SSSR count). The number of amides is 1. The van der Waals surface area contributed by atoms with Crippen molar-refractivity contribution in [1.29, 1.82) is 0 Å². The van der Waals surface area contributed by atoms with E-state index in [1.54, 1.807) is 0 Å². The third-order valence-electron chi connectivity index (χ3n) is 2.49. The lowest BCUT2D eigenvalue weighted by Gasteiger charge is -2.23. The molecule has 1 aliphatic carbocycles. The Morgan fingerprint density at radius 1 is 1.53 bits per heavy atom. The number of thiocarbonyl (C=S) groups is 1. The standard InChI is InChI=1S/C11H20N2OS/c1-8(2)7-11(14)13(9-3-4-9)6-5-10(12)15/h8-9H,3-7H2,1-2H3,(H2,12,15). The Morgan fingerprint density at radius 3 is 2.53 bits per heavy atom. The lowest BCUT2D eigenvalue weighted by Crippen LogP contribution is -2.36. The van der Waals surface area contributed by atoms with Crippen LogP contribution in [-0.4, -0.2) is 28.4 Å². The predicted molar refractivity (Wildman–Crippen MR) is 65.6 cm³/mol. The molecule has 1 saturated carbocycles. The molecule has 4 heteroatoms. The molecule has 0 aromatic heterocycles. The van der Waals surface area contributed by atoms with Crippen LogP contribution >= 0.6 is 12.2 Å². The molecule has 86 valence electrons. The van der Waals surface area contributed by atoms with Crippen LogP contribution < -0.4 is 5.73 Å². The summed E-state index contributed by atoms with van der Waals surface area (Å²) in [6.07, 6.45) is 3.56. The molecule has 0 saturated heterocycles. The molecule has 0 bridgehead atoms. The van der Waals surface area contributed by atoms with Gasteiger partial charge in [-0.2, -0.15) is 0 Å². The minimum absolute atomic E-state index is 0.253. The number of carbonyl (C=O) groups excluding carboxylic acids is 1. The van der Waals surface area contributed by atoms with Gasteiger partial charge in [0.15, 0.2) is 0 Å². The van der Waals surface area contributed by atoms with Crippen LogP contribution in [0, 0.1) is 5.92 Å². The zero-order chi connectivity index (χ0) is 11.4. The highest BCUT2D eigenvalue weighted by atomic mass is 32.1. The summed E-state index contributed by atoms with van der Waals surface area (Å²) in [4.78, 5) is 14.3. The normalized spacial score (nSPS) is 15.4. The average Bonchev–Trinajstić information content (AvgIpc) is 2.86. The van der Waals surface area contributed by atoms with Crippen LogP contribution in [0.15, 0.2) is 0 Å². The first-order valence-corrected chi connectivity index (χ1v) is 5.99. The van der Waals surface area contributed by atoms with E-state index >= 15 is 0 Å². The highest BCUT2D eigenvalue weighted by Crippen LogP contribution is 2.28. The Kier molecular flexibility index (Phi) is 4.51. The van der Waals surface area contributed by atoms with Gasteiger partial charge in [0.05, 0.1) is 4.99 Å². The smallest absolute Gasteiger partial charge is 0.223 e. The summed E-state index contributed by atoms with van der Waals surface area (Å²) in [5, 5.41) is 0. The highest BCUT2D eigenvalue weighted by molar-refractivity contribution is 7.80. The monoisotopic (exact) mass is 228 g/mol. The molecular weight excluding hydrogens is 208 g/mol. The number of nitrogens with two attached hydrogens (primary N) is 1. The molecule has 1 aliphatic rings. The van der Waals surface area contributed by atoms with Gasteiger partial charge in [-0.15, -0.1) is 0 Å². The first-order chi connectivity index (χ1) is 7.00. The van der Waals surface area contributed by atoms with Crippen molar-refractivity contribution in [1.82, 2.24) is 4.90 Å². The van der Waals surface area contributed by atoms with Gasteiger partial charge in [0, 0.05) is 25.4 Å². The van der Waals surface area contributed by atoms with Crippen molar-refractivity contribution in [3.05, 3.63) is 0 Å². The predicted octanol–water partition coefficient (Wildman–Crippen LogP) is 1.70. The van der Waals surface area contributed by atoms with E-state index in [9.17, 15) is 4.79 Å². The van der Waals surface area contributed by atoms with E-state index in [-0.39, 0.29) is 5.91 Å². The molecule has 0 atom stereocenters. The Morgan fingerprint density at radius 2 is 2.13 bits per heavy atom. The summed E-state index contributed by atoms with van der Waals surface area (Å²) in [6, 6.07) is 0.464. The van der Waals surface area contributed by atoms with Gasteiger partial charge in [0.1, 0.15) is 0 Å². The summed E-state index contributed by atoms with van der Waals surface area (Å²) < 4.78 is 0. The number of hydrogen-bond donors (Lipinski definition) is 1. The van der Waals surface area contributed by atoms with E-state index < -0.39 is 0 Å². The fourth-order valence-electron chi connectivity index (χ4n) is 1.59. The Balaban J connectivity index is 2.42. The molecule has 0 aromatic carbocycles. The zero-order valence-electron chi connectivity index (χ0n) is 9.53. The van der Waals surface area contributed by atoms with Crippen molar-refractivity contribution in [2.45, 2.75) is 45.6 Å². The van der Waals surface area contributed by atoms with Crippen molar-refractivity contribution in [2.75, 3.05) is 6.54 Å². The molecule has 1 fully saturated rings. The van der Waals surface area contributed by atoms with Crippen molar-refractivity contribution in [3.8, 4) is 0 Å². The molecule has 3 nitrogen and oxygen atoms in total. The maximum absolute atomic E-state index is 11.9. The minimum Gasteiger partial charge on any atom is -0.393 e. The molecule has 15 heavy (non-hydrogen) atoms. The molecule has 0 aromatic rings. The van der Waals surface area contributed by atoms with Crippen molar-refractivity contribution < 1.29 is 4.79 Å². The quantitative estimate of drug-likeness (QED) is 0.704. The van der Waals surface area contributed by atoms with Crippen LogP contribution in [0.4, 0.5) is 0 Å². The second kappa shape index (κ2) is 5.45. The molecule has 0 unspecified atom stereocenters. The van der Waals surface area contributed by atoms with Gasteiger partial charge < -0.3 is 10.6 Å². The summed E-state index contributed by atoms with van der Waals surface area (Å²) in [5.74, 6) is 0.673. The van der Waals surface area contributed by atoms with Crippen molar-refractivity contribution in [3.63, 3.8) is 0 Å². The molecule has 1 amide bonds. The topological polar surface area (TPSA) is 46.3 Å². The fraction of sp³-hybridized carbons (Fsp3) is 0.818. The van der Waals surface area contributed by atoms with E-state index in [1.165, 1.54) is 0 Å². The van der Waals surface area contributed by atoms with Crippen LogP contribution in [0.1, 0.15) is 39.5 Å². The van der Waals surface area contributed by atoms with Crippen molar-refractivity contribution >= 4 is 23.1 Å². The summed E-state index contributed by atoms with van der Waals surface area (Å²) >= 11 is 4.84. The Labute approximate surface area is 97.0 Å². The van der Waals surface area contributed by atoms with Gasteiger partial charge in [-0.3, -0.25) is 4.79 Å². The number of rotatable bonds is 6. The highest BCUT2D eigenvalue weighted by Gasteiger charge is 2.32. The number of nitrogens with zero attached hydrogens (tertiary/aromatic N) is 1. The molecule has 0 spiro atoms. The minimum atomic E-state index is 0.253. The van der Waals surface area contributed by atoms with E-state index in [2.05, 4.69) is 13.8 Å². The third-order valence-corrected chi connectivity index (χ3v) is 2.69. The van der Waals surface area contributed by atoms with Gasteiger partial charge in [0.25, 0.3) is 0 Å². The second-order valence-corrected chi connectivity index (χ2v) is 5.16. The van der Waals surface area contributed by atoms with E-state index in [1.807, 2.05) is 4.90 Å². The molecule has 0 heterocycles. The lowest BCUT2D eigenvalue weighted by molar-refractivity contribution is -0.132. The number of hydrogen-bond acceptors (Lipinski definition) is 2. The van der Waals surface area contributed by atoms with Crippen LogP contribution in [0.2, 0.25) is 0 Å². The van der Waals surface area contributed by atoms with Gasteiger partial charge >= 0.3 is 0 Å². The first-order valence-electron chi connectivity index (χ1n) is 5.58. The van der Waals surface area contributed by atoms with Crippen LogP contribution in [0.3, 0.4) is 0 Å². The van der Waals surface area contributed by atoms with Crippen LogP contribution in [0.5, 0.6) is 0 Å². The van der Waals surface area contributed by atoms with Gasteiger partial charge in [0.2, 0.25) is 5.91 Å². The maximum atomic E-state index is 11.9. The summed E-state index contributed by atoms with van der Waals surface area (Å²) in [7, 11) is 0. The van der Waals surface area contributed by atoms with Gasteiger partial charge in [-0.05, 0) is 18.8 Å². The van der Waals surface area contributed by atoms with E-state index in [4.69, 9.17) is 18.0 Å². The van der Waals surface area contributed by atoms with Crippen molar-refractivity contribution in [2.24, 2.45) is 11.7 Å². The molecular formula is C11H20N2OS. The number of carbonyl (C=O) groups is 1. The average molecular weight is 228 g/mol. The lowest BCUT2D eigenvalue weighted by atomic mass is 10.1. The molecule has 0 radical (unpaired) electrons. The summed E-state index contributed by atoms with van der Waals surface area (Å²) in [5.41, 5.74) is 5.46. The largest absolute Gasteiger partial charge is 0.393 e. The molecule has 2 N–H and O–H groups in total. The van der Waals surface area contributed by atoms with Gasteiger partial charge in [-0.1, -0.05) is 26.1 Å². The van der Waals surface area contributed by atoms with Crippen LogP contribution in [-0.2, 0) is 4.79 Å². The van der Waals surface area contributed by atoms with Crippen LogP contribution in [0.25, 0.3) is 0 Å². The maximum Gasteiger partial charge on any atom is 0.223 e. The second-order valence-electron chi connectivity index (χ2n) is 4.63. The van der Waals surface area contributed by atoms with E-state index in [0.29, 0.717) is 36.3 Å². The Bertz CT molecular complexity index is 249. The SMILES string of the molecule is CC(C)CC(=O)N(CCC(N)=S)C1CC1. The first kappa shape index (κ1) is 12.4. The van der Waals surface area contributed by atoms with Gasteiger partial charge in [-0.25, -0.2) is 0 Å². The molecule has 0 aliphatic heterocycles. The van der Waals surface area contributed by atoms with E-state index in [0.717, 1.165) is 12.8 Å².